The summed E-state index contributed by atoms with van der Waals surface area (Å²) in [6.45, 7) is 0.439. The lowest BCUT2D eigenvalue weighted by Gasteiger charge is -2.04. The van der Waals surface area contributed by atoms with Gasteiger partial charge in [0, 0.05) is 48.0 Å². The van der Waals surface area contributed by atoms with Crippen LogP contribution in [-0.2, 0) is 11.2 Å². The van der Waals surface area contributed by atoms with Crippen LogP contribution in [-0.4, -0.2) is 23.4 Å². The van der Waals surface area contributed by atoms with E-state index in [1.54, 1.807) is 24.3 Å². The molecule has 3 rings (SSSR count). The molecule has 0 unspecified atom stereocenters. The second-order valence-electron chi connectivity index (χ2n) is 6.08. The van der Waals surface area contributed by atoms with Crippen molar-refractivity contribution in [1.29, 1.82) is 0 Å². The Hall–Kier alpha value is -2.92. The number of carbonyl (C=O) groups is 2. The van der Waals surface area contributed by atoms with Gasteiger partial charge in [0.05, 0.1) is 5.69 Å². The molecule has 0 spiro atoms. The molecule has 1 N–H and O–H groups in total. The molecule has 6 heteroatoms. The van der Waals surface area contributed by atoms with Crippen LogP contribution in [0.3, 0.4) is 0 Å². The number of nitrogens with one attached hydrogen (secondary N) is 1. The maximum Gasteiger partial charge on any atom is 0.220 e. The van der Waals surface area contributed by atoms with Gasteiger partial charge in [0.2, 0.25) is 5.91 Å². The predicted molar refractivity (Wildman–Crippen MR) is 104 cm³/mol. The number of rotatable bonds is 8. The first-order valence-electron chi connectivity index (χ1n) is 8.68. The number of ketones is 1. The molecule has 0 fully saturated rings. The van der Waals surface area contributed by atoms with Crippen LogP contribution in [0, 0.1) is 0 Å². The van der Waals surface area contributed by atoms with Crippen LogP contribution in [0.1, 0.15) is 28.9 Å². The van der Waals surface area contributed by atoms with Crippen LogP contribution in [0.4, 0.5) is 0 Å². The van der Waals surface area contributed by atoms with Gasteiger partial charge in [-0.2, -0.15) is 0 Å². The molecule has 0 saturated carbocycles. The van der Waals surface area contributed by atoms with Gasteiger partial charge in [0.15, 0.2) is 11.5 Å². The Morgan fingerprint density at radius 3 is 2.48 bits per heavy atom. The third-order valence-corrected chi connectivity index (χ3v) is 4.32. The van der Waals surface area contributed by atoms with Gasteiger partial charge in [0.1, 0.15) is 0 Å². The lowest BCUT2D eigenvalue weighted by molar-refractivity contribution is -0.121. The highest BCUT2D eigenvalue weighted by molar-refractivity contribution is 6.30. The maximum absolute atomic E-state index is 12.0. The quantitative estimate of drug-likeness (QED) is 0.589. The van der Waals surface area contributed by atoms with Crippen molar-refractivity contribution >= 4 is 23.3 Å². The fraction of sp³-hybridized carbons (Fsp3) is 0.190. The number of aromatic nitrogens is 1. The Morgan fingerprint density at radius 1 is 1.00 bits per heavy atom. The molecule has 0 aliphatic heterocycles. The fourth-order valence-electron chi connectivity index (χ4n) is 2.59. The number of benzene rings is 2. The van der Waals surface area contributed by atoms with E-state index >= 15 is 0 Å². The minimum absolute atomic E-state index is 0.0779. The number of amides is 1. The lowest BCUT2D eigenvalue weighted by atomic mass is 10.1. The highest BCUT2D eigenvalue weighted by Gasteiger charge is 2.10. The molecule has 138 valence electrons. The summed E-state index contributed by atoms with van der Waals surface area (Å²) >= 11 is 5.80. The van der Waals surface area contributed by atoms with Crippen molar-refractivity contribution in [2.45, 2.75) is 19.3 Å². The van der Waals surface area contributed by atoms with Crippen LogP contribution >= 0.6 is 11.6 Å². The van der Waals surface area contributed by atoms with Crippen molar-refractivity contribution in [2.24, 2.45) is 0 Å². The van der Waals surface area contributed by atoms with Gasteiger partial charge < -0.3 is 9.84 Å². The van der Waals surface area contributed by atoms with Crippen molar-refractivity contribution in [1.82, 2.24) is 10.5 Å². The van der Waals surface area contributed by atoms with Crippen LogP contribution < -0.4 is 5.32 Å². The summed E-state index contributed by atoms with van der Waals surface area (Å²) in [7, 11) is 0. The normalized spacial score (nSPS) is 10.6. The van der Waals surface area contributed by atoms with Crippen LogP contribution in [0.25, 0.3) is 11.3 Å². The van der Waals surface area contributed by atoms with E-state index in [9.17, 15) is 9.59 Å². The Labute approximate surface area is 162 Å². The Balaban J connectivity index is 1.40. The van der Waals surface area contributed by atoms with E-state index in [2.05, 4.69) is 10.5 Å². The zero-order valence-corrected chi connectivity index (χ0v) is 15.4. The molecule has 0 saturated heterocycles. The summed E-state index contributed by atoms with van der Waals surface area (Å²) in [5, 5.41) is 7.40. The summed E-state index contributed by atoms with van der Waals surface area (Å²) < 4.78 is 5.33. The zero-order valence-electron chi connectivity index (χ0n) is 14.7. The molecule has 1 amide bonds. The molecule has 0 aliphatic carbocycles. The first kappa shape index (κ1) is 18.9. The molecule has 1 aromatic heterocycles. The van der Waals surface area contributed by atoms with E-state index in [1.807, 2.05) is 36.4 Å². The Kier molecular flexibility index (Phi) is 6.39. The highest BCUT2D eigenvalue weighted by Crippen LogP contribution is 2.19. The van der Waals surface area contributed by atoms with Crippen molar-refractivity contribution in [3.05, 3.63) is 76.9 Å². The SMILES string of the molecule is O=C(CCC(=O)c1ccc(Cl)cc1)NCCc1cc(-c2ccccc2)on1. The number of nitrogens with zero attached hydrogens (tertiary/aromatic N) is 1. The monoisotopic (exact) mass is 382 g/mol. The topological polar surface area (TPSA) is 72.2 Å². The number of hydrogen-bond donors (Lipinski definition) is 1. The second kappa shape index (κ2) is 9.14. The number of Topliss-reactive ketones (excluding diaryl/α,β-unsaturated/α-hetero) is 1. The molecule has 0 radical (unpaired) electrons. The van der Waals surface area contributed by atoms with Gasteiger partial charge >= 0.3 is 0 Å². The first-order valence-corrected chi connectivity index (χ1v) is 9.06. The number of carbonyl (C=O) groups excluding carboxylic acids is 2. The molecule has 0 atom stereocenters. The third kappa shape index (κ3) is 5.53. The minimum atomic E-state index is -0.163. The molecule has 0 bridgehead atoms. The molecular formula is C21H19ClN2O3. The highest BCUT2D eigenvalue weighted by atomic mass is 35.5. The zero-order chi connectivity index (χ0) is 19.1. The molecule has 5 nitrogen and oxygen atoms in total. The molecule has 2 aromatic carbocycles. The van der Waals surface area contributed by atoms with Gasteiger partial charge in [-0.1, -0.05) is 47.1 Å². The van der Waals surface area contributed by atoms with Gasteiger partial charge in [-0.05, 0) is 24.3 Å². The van der Waals surface area contributed by atoms with Crippen LogP contribution in [0.2, 0.25) is 5.02 Å². The average molecular weight is 383 g/mol. The van der Waals surface area contributed by atoms with E-state index in [-0.39, 0.29) is 24.5 Å². The Morgan fingerprint density at radius 2 is 1.74 bits per heavy atom. The van der Waals surface area contributed by atoms with E-state index in [0.29, 0.717) is 29.3 Å². The summed E-state index contributed by atoms with van der Waals surface area (Å²) in [4.78, 5) is 24.0. The number of hydrogen-bond acceptors (Lipinski definition) is 4. The number of halogens is 1. The standard InChI is InChI=1S/C21H19ClN2O3/c22-17-8-6-15(7-9-17)19(25)10-11-21(26)23-13-12-18-14-20(27-24-18)16-4-2-1-3-5-16/h1-9,14H,10-13H2,(H,23,26). The van der Waals surface area contributed by atoms with E-state index in [0.717, 1.165) is 11.3 Å². The van der Waals surface area contributed by atoms with E-state index in [4.69, 9.17) is 16.1 Å². The summed E-state index contributed by atoms with van der Waals surface area (Å²) in [5.41, 5.74) is 2.29. The summed E-state index contributed by atoms with van der Waals surface area (Å²) in [5.74, 6) is 0.459. The smallest absolute Gasteiger partial charge is 0.220 e. The van der Waals surface area contributed by atoms with Crippen molar-refractivity contribution in [2.75, 3.05) is 6.54 Å². The van der Waals surface area contributed by atoms with Gasteiger partial charge in [-0.25, -0.2) is 0 Å². The molecular weight excluding hydrogens is 364 g/mol. The molecule has 3 aromatic rings. The molecule has 27 heavy (non-hydrogen) atoms. The summed E-state index contributed by atoms with van der Waals surface area (Å²) in [6.07, 6.45) is 0.873. The third-order valence-electron chi connectivity index (χ3n) is 4.07. The van der Waals surface area contributed by atoms with E-state index < -0.39 is 0 Å². The van der Waals surface area contributed by atoms with Crippen molar-refractivity contribution < 1.29 is 14.1 Å². The lowest BCUT2D eigenvalue weighted by Crippen LogP contribution is -2.26. The summed E-state index contributed by atoms with van der Waals surface area (Å²) in [6, 6.07) is 18.2. The van der Waals surface area contributed by atoms with Gasteiger partial charge in [-0.3, -0.25) is 9.59 Å². The maximum atomic E-state index is 12.0. The largest absolute Gasteiger partial charge is 0.356 e. The van der Waals surface area contributed by atoms with Gasteiger partial charge in [0.25, 0.3) is 0 Å². The first-order chi connectivity index (χ1) is 13.1. The fourth-order valence-corrected chi connectivity index (χ4v) is 2.72. The second-order valence-corrected chi connectivity index (χ2v) is 6.51. The van der Waals surface area contributed by atoms with E-state index in [1.165, 1.54) is 0 Å². The predicted octanol–water partition coefficient (Wildman–Crippen LogP) is 4.32. The minimum Gasteiger partial charge on any atom is -0.356 e. The van der Waals surface area contributed by atoms with Gasteiger partial charge in [-0.15, -0.1) is 0 Å². The van der Waals surface area contributed by atoms with Crippen LogP contribution in [0.15, 0.2) is 65.2 Å². The molecule has 0 aliphatic rings. The van der Waals surface area contributed by atoms with Crippen molar-refractivity contribution in [3.63, 3.8) is 0 Å². The average Bonchev–Trinajstić information content (AvgIpc) is 3.16. The Bertz CT molecular complexity index is 905. The molecule has 1 heterocycles. The van der Waals surface area contributed by atoms with Crippen LogP contribution in [0.5, 0.6) is 0 Å². The van der Waals surface area contributed by atoms with Crippen molar-refractivity contribution in [3.8, 4) is 11.3 Å².